The number of pyridine rings is 1. The lowest BCUT2D eigenvalue weighted by atomic mass is 10.3. The number of anilines is 2. The molecule has 3 N–H and O–H groups in total. The first kappa shape index (κ1) is 15.2. The van der Waals surface area contributed by atoms with E-state index >= 15 is 0 Å². The molecule has 0 atom stereocenters. The first-order valence-corrected chi connectivity index (χ1v) is 7.65. The summed E-state index contributed by atoms with van der Waals surface area (Å²) in [6.07, 6.45) is 1.34. The fraction of sp³-hybridized carbons (Fsp3) is 0.154. The van der Waals surface area contributed by atoms with Gasteiger partial charge in [0, 0.05) is 12.7 Å². The fourth-order valence-electron chi connectivity index (χ4n) is 1.93. The average molecular weight is 310 g/mol. The summed E-state index contributed by atoms with van der Waals surface area (Å²) in [6, 6.07) is 8.69. The Hall–Kier alpha value is -2.19. The maximum Gasteiger partial charge on any atom is 0.284 e. The van der Waals surface area contributed by atoms with Crippen molar-refractivity contribution in [2.75, 3.05) is 16.3 Å². The van der Waals surface area contributed by atoms with Gasteiger partial charge in [-0.25, -0.2) is 9.37 Å². The normalized spacial score (nSPS) is 11.2. The van der Waals surface area contributed by atoms with Crippen molar-refractivity contribution in [3.8, 4) is 0 Å². The van der Waals surface area contributed by atoms with Crippen LogP contribution in [-0.4, -0.2) is 19.9 Å². The summed E-state index contributed by atoms with van der Waals surface area (Å²) in [5.41, 5.74) is 2.40. The second-order valence-corrected chi connectivity index (χ2v) is 5.90. The molecule has 1 aromatic carbocycles. The summed E-state index contributed by atoms with van der Waals surface area (Å²) >= 11 is 0. The van der Waals surface area contributed by atoms with Gasteiger partial charge in [-0.15, -0.1) is 0 Å². The smallest absolute Gasteiger partial charge is 0.284 e. The molecule has 0 aliphatic rings. The van der Waals surface area contributed by atoms with E-state index in [1.165, 1.54) is 30.5 Å². The van der Waals surface area contributed by atoms with Gasteiger partial charge in [0.25, 0.3) is 10.0 Å². The minimum atomic E-state index is -4.03. The van der Waals surface area contributed by atoms with E-state index in [2.05, 4.69) is 10.4 Å². The van der Waals surface area contributed by atoms with Crippen LogP contribution in [0.2, 0.25) is 0 Å². The molecule has 0 fully saturated rings. The van der Waals surface area contributed by atoms with E-state index in [9.17, 15) is 12.8 Å². The number of hydrogen-bond acceptors (Lipinski definition) is 5. The number of halogens is 1. The standard InChI is InChI=1S/C13H15FN4O2S/c1-2-18(12-8-4-3-6-10(12)14)21(19,20)13-11(17-15)7-5-9-16-13/h3-9,17H,2,15H2,1H3. The number of rotatable bonds is 5. The van der Waals surface area contributed by atoms with Gasteiger partial charge >= 0.3 is 0 Å². The van der Waals surface area contributed by atoms with Crippen molar-refractivity contribution < 1.29 is 12.8 Å². The number of para-hydroxylation sites is 1. The highest BCUT2D eigenvalue weighted by atomic mass is 32.2. The topological polar surface area (TPSA) is 88.3 Å². The molecular formula is C13H15FN4O2S. The van der Waals surface area contributed by atoms with Crippen LogP contribution in [0.4, 0.5) is 15.8 Å². The molecule has 8 heteroatoms. The van der Waals surface area contributed by atoms with Gasteiger partial charge in [-0.3, -0.25) is 10.1 Å². The molecule has 0 bridgehead atoms. The molecule has 0 radical (unpaired) electrons. The summed E-state index contributed by atoms with van der Waals surface area (Å²) in [7, 11) is -4.03. The summed E-state index contributed by atoms with van der Waals surface area (Å²) in [6.45, 7) is 1.67. The zero-order chi connectivity index (χ0) is 15.5. The van der Waals surface area contributed by atoms with Gasteiger partial charge in [0.15, 0.2) is 0 Å². The van der Waals surface area contributed by atoms with Crippen molar-refractivity contribution in [2.24, 2.45) is 5.84 Å². The lowest BCUT2D eigenvalue weighted by molar-refractivity contribution is 0.583. The summed E-state index contributed by atoms with van der Waals surface area (Å²) < 4.78 is 40.2. The van der Waals surface area contributed by atoms with Gasteiger partial charge < -0.3 is 5.43 Å². The highest BCUT2D eigenvalue weighted by Crippen LogP contribution is 2.27. The largest absolute Gasteiger partial charge is 0.321 e. The van der Waals surface area contributed by atoms with Crippen LogP contribution in [-0.2, 0) is 10.0 Å². The quantitative estimate of drug-likeness (QED) is 0.648. The number of nitrogens with one attached hydrogen (secondary N) is 1. The van der Waals surface area contributed by atoms with E-state index in [0.29, 0.717) is 0 Å². The maximum absolute atomic E-state index is 13.9. The van der Waals surface area contributed by atoms with Crippen LogP contribution >= 0.6 is 0 Å². The molecule has 0 aliphatic carbocycles. The van der Waals surface area contributed by atoms with Crippen molar-refractivity contribution in [1.82, 2.24) is 4.98 Å². The molecule has 0 aliphatic heterocycles. The predicted octanol–water partition coefficient (Wildman–Crippen LogP) is 1.72. The Kier molecular flexibility index (Phi) is 4.39. The van der Waals surface area contributed by atoms with Crippen molar-refractivity contribution in [3.05, 3.63) is 48.4 Å². The number of benzene rings is 1. The molecule has 0 unspecified atom stereocenters. The molecule has 0 amide bonds. The van der Waals surface area contributed by atoms with Gasteiger partial charge in [0.2, 0.25) is 5.03 Å². The molecule has 21 heavy (non-hydrogen) atoms. The number of nitrogens with two attached hydrogens (primary N) is 1. The average Bonchev–Trinajstić information content (AvgIpc) is 2.49. The number of aromatic nitrogens is 1. The molecule has 6 nitrogen and oxygen atoms in total. The second kappa shape index (κ2) is 6.06. The third kappa shape index (κ3) is 2.81. The molecule has 1 heterocycles. The van der Waals surface area contributed by atoms with Gasteiger partial charge in [0.05, 0.1) is 11.4 Å². The van der Waals surface area contributed by atoms with Crippen LogP contribution in [0.1, 0.15) is 6.92 Å². The molecular weight excluding hydrogens is 295 g/mol. The molecule has 0 saturated heterocycles. The number of nitrogens with zero attached hydrogens (tertiary/aromatic N) is 2. The fourth-order valence-corrected chi connectivity index (χ4v) is 3.49. The van der Waals surface area contributed by atoms with Crippen LogP contribution in [0, 0.1) is 5.82 Å². The van der Waals surface area contributed by atoms with Crippen LogP contribution in [0.15, 0.2) is 47.6 Å². The van der Waals surface area contributed by atoms with Crippen LogP contribution < -0.4 is 15.6 Å². The first-order chi connectivity index (χ1) is 10.0. The number of hydrogen-bond donors (Lipinski definition) is 2. The van der Waals surface area contributed by atoms with E-state index in [0.717, 1.165) is 4.31 Å². The summed E-state index contributed by atoms with van der Waals surface area (Å²) in [5.74, 6) is 4.69. The SMILES string of the molecule is CCN(c1ccccc1F)S(=O)(=O)c1ncccc1NN. The number of sulfonamides is 1. The van der Waals surface area contributed by atoms with Crippen LogP contribution in [0.5, 0.6) is 0 Å². The molecule has 1 aromatic heterocycles. The lowest BCUT2D eigenvalue weighted by Crippen LogP contribution is -2.33. The van der Waals surface area contributed by atoms with Crippen molar-refractivity contribution in [3.63, 3.8) is 0 Å². The highest BCUT2D eigenvalue weighted by Gasteiger charge is 2.29. The van der Waals surface area contributed by atoms with Crippen molar-refractivity contribution in [1.29, 1.82) is 0 Å². The van der Waals surface area contributed by atoms with Gasteiger partial charge in [-0.2, -0.15) is 8.42 Å². The Morgan fingerprint density at radius 1 is 1.29 bits per heavy atom. The third-order valence-corrected chi connectivity index (χ3v) is 4.72. The minimum absolute atomic E-state index is 0.0337. The lowest BCUT2D eigenvalue weighted by Gasteiger charge is -2.23. The maximum atomic E-state index is 13.9. The van der Waals surface area contributed by atoms with E-state index in [1.807, 2.05) is 0 Å². The van der Waals surface area contributed by atoms with Crippen molar-refractivity contribution >= 4 is 21.4 Å². The van der Waals surface area contributed by atoms with E-state index in [1.54, 1.807) is 19.1 Å². The van der Waals surface area contributed by atoms with Crippen LogP contribution in [0.25, 0.3) is 0 Å². The van der Waals surface area contributed by atoms with E-state index in [-0.39, 0.29) is 22.9 Å². The number of nitrogen functional groups attached to an aromatic ring is 1. The predicted molar refractivity (Wildman–Crippen MR) is 78.7 cm³/mol. The zero-order valence-electron chi connectivity index (χ0n) is 11.3. The summed E-state index contributed by atoms with van der Waals surface area (Å²) in [5, 5.41) is -0.252. The van der Waals surface area contributed by atoms with Gasteiger partial charge in [0.1, 0.15) is 5.82 Å². The second-order valence-electron chi connectivity index (χ2n) is 4.12. The Balaban J connectivity index is 2.58. The first-order valence-electron chi connectivity index (χ1n) is 6.21. The zero-order valence-corrected chi connectivity index (χ0v) is 12.1. The Morgan fingerprint density at radius 3 is 2.62 bits per heavy atom. The Labute approximate surface area is 122 Å². The molecule has 0 saturated carbocycles. The molecule has 2 aromatic rings. The van der Waals surface area contributed by atoms with Crippen LogP contribution in [0.3, 0.4) is 0 Å². The van der Waals surface area contributed by atoms with Gasteiger partial charge in [-0.05, 0) is 31.2 Å². The third-order valence-electron chi connectivity index (χ3n) is 2.87. The number of hydrazine groups is 1. The molecule has 0 spiro atoms. The monoisotopic (exact) mass is 310 g/mol. The highest BCUT2D eigenvalue weighted by molar-refractivity contribution is 7.92. The van der Waals surface area contributed by atoms with E-state index in [4.69, 9.17) is 5.84 Å². The Bertz CT molecular complexity index is 736. The minimum Gasteiger partial charge on any atom is -0.321 e. The Morgan fingerprint density at radius 2 is 2.00 bits per heavy atom. The molecule has 112 valence electrons. The van der Waals surface area contributed by atoms with Gasteiger partial charge in [-0.1, -0.05) is 12.1 Å². The van der Waals surface area contributed by atoms with Crippen molar-refractivity contribution in [2.45, 2.75) is 11.9 Å². The molecule has 2 rings (SSSR count). The summed E-state index contributed by atoms with van der Waals surface area (Å²) in [4.78, 5) is 3.85. The van der Waals surface area contributed by atoms with E-state index < -0.39 is 15.8 Å².